The number of thioether (sulfide) groups is 1. The van der Waals surface area contributed by atoms with Gasteiger partial charge in [-0.2, -0.15) is 0 Å². The molecule has 0 aliphatic rings. The summed E-state index contributed by atoms with van der Waals surface area (Å²) in [7, 11) is 0. The maximum atomic E-state index is 13.0. The summed E-state index contributed by atoms with van der Waals surface area (Å²) in [5.41, 5.74) is 2.30. The normalized spacial score (nSPS) is 10.5. The molecule has 100 valence electrons. The molecule has 0 atom stereocenters. The van der Waals surface area contributed by atoms with Crippen molar-refractivity contribution in [1.29, 1.82) is 0 Å². The van der Waals surface area contributed by atoms with Crippen LogP contribution in [-0.4, -0.2) is 12.3 Å². The highest BCUT2D eigenvalue weighted by atomic mass is 32.2. The molecule has 0 radical (unpaired) electrons. The second-order valence-corrected chi connectivity index (χ2v) is 5.33. The summed E-state index contributed by atoms with van der Waals surface area (Å²) in [5.74, 6) is -0.807. The molecule has 4 heteroatoms. The number of aryl methyl sites for hydroxylation is 1. The van der Waals surface area contributed by atoms with Gasteiger partial charge in [0.25, 0.3) is 0 Å². The van der Waals surface area contributed by atoms with Crippen LogP contribution in [0.15, 0.2) is 47.4 Å². The highest BCUT2D eigenvalue weighted by Gasteiger charge is 2.02. The van der Waals surface area contributed by atoms with Gasteiger partial charge >= 0.3 is 0 Å². The number of nitrogens with one attached hydrogen (secondary N) is 1. The first-order valence-corrected chi connectivity index (χ1v) is 7.03. The second-order valence-electron chi connectivity index (χ2n) is 4.17. The SMILES string of the molecule is Cc1ccccc1NCCSc1ccc(F)c(F)c1. The average Bonchev–Trinajstić information content (AvgIpc) is 2.40. The summed E-state index contributed by atoms with van der Waals surface area (Å²) in [6, 6.07) is 12.0. The number of hydrogen-bond donors (Lipinski definition) is 1. The third kappa shape index (κ3) is 3.96. The molecule has 0 bridgehead atoms. The number of benzene rings is 2. The fourth-order valence-electron chi connectivity index (χ4n) is 1.69. The largest absolute Gasteiger partial charge is 0.384 e. The van der Waals surface area contributed by atoms with E-state index in [2.05, 4.69) is 5.32 Å². The summed E-state index contributed by atoms with van der Waals surface area (Å²) in [5, 5.41) is 3.32. The molecule has 0 aromatic heterocycles. The Balaban J connectivity index is 1.81. The van der Waals surface area contributed by atoms with Gasteiger partial charge in [-0.1, -0.05) is 18.2 Å². The van der Waals surface area contributed by atoms with Gasteiger partial charge in [0.1, 0.15) is 0 Å². The molecule has 2 aromatic rings. The average molecular weight is 279 g/mol. The summed E-state index contributed by atoms with van der Waals surface area (Å²) in [6.07, 6.45) is 0. The molecule has 0 amide bonds. The van der Waals surface area contributed by atoms with E-state index in [1.807, 2.05) is 31.2 Å². The Morgan fingerprint density at radius 2 is 1.84 bits per heavy atom. The Kier molecular flexibility index (Phi) is 4.80. The molecule has 0 spiro atoms. The van der Waals surface area contributed by atoms with Crippen molar-refractivity contribution in [3.05, 3.63) is 59.7 Å². The van der Waals surface area contributed by atoms with Crippen LogP contribution in [0.3, 0.4) is 0 Å². The molecular weight excluding hydrogens is 264 g/mol. The van der Waals surface area contributed by atoms with Crippen LogP contribution < -0.4 is 5.32 Å². The zero-order valence-electron chi connectivity index (χ0n) is 10.6. The molecular formula is C15H15F2NS. The van der Waals surface area contributed by atoms with Crippen LogP contribution in [0.5, 0.6) is 0 Å². The molecule has 0 fully saturated rings. The van der Waals surface area contributed by atoms with E-state index in [1.165, 1.54) is 23.4 Å². The van der Waals surface area contributed by atoms with Crippen LogP contribution in [0.2, 0.25) is 0 Å². The molecule has 0 saturated heterocycles. The monoisotopic (exact) mass is 279 g/mol. The Morgan fingerprint density at radius 3 is 2.58 bits per heavy atom. The Morgan fingerprint density at radius 1 is 1.05 bits per heavy atom. The third-order valence-electron chi connectivity index (χ3n) is 2.72. The zero-order valence-corrected chi connectivity index (χ0v) is 11.4. The molecule has 1 N–H and O–H groups in total. The zero-order chi connectivity index (χ0) is 13.7. The van der Waals surface area contributed by atoms with Gasteiger partial charge in [0.2, 0.25) is 0 Å². The van der Waals surface area contributed by atoms with Crippen molar-refractivity contribution in [3.63, 3.8) is 0 Å². The van der Waals surface area contributed by atoms with E-state index in [-0.39, 0.29) is 0 Å². The topological polar surface area (TPSA) is 12.0 Å². The van der Waals surface area contributed by atoms with Crippen LogP contribution in [-0.2, 0) is 0 Å². The smallest absolute Gasteiger partial charge is 0.159 e. The van der Waals surface area contributed by atoms with E-state index in [0.29, 0.717) is 0 Å². The predicted octanol–water partition coefficient (Wildman–Crippen LogP) is 4.48. The van der Waals surface area contributed by atoms with Crippen LogP contribution in [0.4, 0.5) is 14.5 Å². The highest BCUT2D eigenvalue weighted by Crippen LogP contribution is 2.20. The number of hydrogen-bond acceptors (Lipinski definition) is 2. The molecule has 0 unspecified atom stereocenters. The minimum Gasteiger partial charge on any atom is -0.384 e. The molecule has 0 aliphatic carbocycles. The van der Waals surface area contributed by atoms with Gasteiger partial charge in [0.05, 0.1) is 0 Å². The molecule has 19 heavy (non-hydrogen) atoms. The van der Waals surface area contributed by atoms with E-state index in [0.717, 1.165) is 28.9 Å². The van der Waals surface area contributed by atoms with Crippen LogP contribution in [0.1, 0.15) is 5.56 Å². The summed E-state index contributed by atoms with van der Waals surface area (Å²) in [6.45, 7) is 2.82. The molecule has 1 nitrogen and oxygen atoms in total. The Bertz CT molecular complexity index is 558. The van der Waals surface area contributed by atoms with Crippen molar-refractivity contribution < 1.29 is 8.78 Å². The Hall–Kier alpha value is -1.55. The lowest BCUT2D eigenvalue weighted by Crippen LogP contribution is -2.05. The summed E-state index contributed by atoms with van der Waals surface area (Å²) >= 11 is 1.50. The predicted molar refractivity (Wildman–Crippen MR) is 76.8 cm³/mol. The standard InChI is InChI=1S/C15H15F2NS/c1-11-4-2-3-5-15(11)18-8-9-19-12-6-7-13(16)14(17)10-12/h2-7,10,18H,8-9H2,1H3. The van der Waals surface area contributed by atoms with Crippen LogP contribution >= 0.6 is 11.8 Å². The third-order valence-corrected chi connectivity index (χ3v) is 3.72. The lowest BCUT2D eigenvalue weighted by molar-refractivity contribution is 0.506. The van der Waals surface area contributed by atoms with Gasteiger partial charge in [-0.05, 0) is 36.8 Å². The van der Waals surface area contributed by atoms with Gasteiger partial charge in [0.15, 0.2) is 11.6 Å². The number of rotatable bonds is 5. The highest BCUT2D eigenvalue weighted by molar-refractivity contribution is 7.99. The van der Waals surface area contributed by atoms with Crippen molar-refractivity contribution >= 4 is 17.4 Å². The maximum absolute atomic E-state index is 13.0. The van der Waals surface area contributed by atoms with Crippen LogP contribution in [0.25, 0.3) is 0 Å². The summed E-state index contributed by atoms with van der Waals surface area (Å²) < 4.78 is 25.8. The molecule has 0 saturated carbocycles. The first-order chi connectivity index (χ1) is 9.16. The maximum Gasteiger partial charge on any atom is 0.159 e. The number of para-hydroxylation sites is 1. The first-order valence-electron chi connectivity index (χ1n) is 6.04. The van der Waals surface area contributed by atoms with Crippen molar-refractivity contribution in [2.75, 3.05) is 17.6 Å². The minimum atomic E-state index is -0.803. The molecule has 0 heterocycles. The first kappa shape index (κ1) is 13.9. The second kappa shape index (κ2) is 6.57. The molecule has 0 aliphatic heterocycles. The van der Waals surface area contributed by atoms with E-state index < -0.39 is 11.6 Å². The Labute approximate surface area is 116 Å². The van der Waals surface area contributed by atoms with Gasteiger partial charge in [0, 0.05) is 22.9 Å². The van der Waals surface area contributed by atoms with Gasteiger partial charge < -0.3 is 5.32 Å². The van der Waals surface area contributed by atoms with Gasteiger partial charge in [-0.15, -0.1) is 11.8 Å². The molecule has 2 rings (SSSR count). The fraction of sp³-hybridized carbons (Fsp3) is 0.200. The van der Waals surface area contributed by atoms with E-state index in [1.54, 1.807) is 6.07 Å². The molecule has 2 aromatic carbocycles. The minimum absolute atomic E-state index is 0.741. The van der Waals surface area contributed by atoms with E-state index >= 15 is 0 Å². The number of halogens is 2. The van der Waals surface area contributed by atoms with Crippen molar-refractivity contribution in [2.45, 2.75) is 11.8 Å². The van der Waals surface area contributed by atoms with Crippen molar-refractivity contribution in [1.82, 2.24) is 0 Å². The van der Waals surface area contributed by atoms with Crippen molar-refractivity contribution in [3.8, 4) is 0 Å². The fourth-order valence-corrected chi connectivity index (χ4v) is 2.48. The number of anilines is 1. The van der Waals surface area contributed by atoms with Gasteiger partial charge in [-0.3, -0.25) is 0 Å². The quantitative estimate of drug-likeness (QED) is 0.640. The lowest BCUT2D eigenvalue weighted by atomic mass is 10.2. The van der Waals surface area contributed by atoms with Gasteiger partial charge in [-0.25, -0.2) is 8.78 Å². The summed E-state index contributed by atoms with van der Waals surface area (Å²) in [4.78, 5) is 0.741. The van der Waals surface area contributed by atoms with Crippen molar-refractivity contribution in [2.24, 2.45) is 0 Å². The van der Waals surface area contributed by atoms with Crippen LogP contribution in [0, 0.1) is 18.6 Å². The lowest BCUT2D eigenvalue weighted by Gasteiger charge is -2.09. The van der Waals surface area contributed by atoms with E-state index in [4.69, 9.17) is 0 Å². The van der Waals surface area contributed by atoms with E-state index in [9.17, 15) is 8.78 Å².